The molecule has 100 valence electrons. The maximum atomic E-state index is 12.2. The van der Waals surface area contributed by atoms with Crippen molar-refractivity contribution in [1.29, 1.82) is 0 Å². The SMILES string of the molecule is CCC(NC(=O)c1ccncc1OC)c1ncc[nH]1. The molecule has 0 aliphatic rings. The summed E-state index contributed by atoms with van der Waals surface area (Å²) in [7, 11) is 1.51. The monoisotopic (exact) mass is 260 g/mol. The zero-order chi connectivity index (χ0) is 13.7. The van der Waals surface area contributed by atoms with Crippen molar-refractivity contribution in [2.24, 2.45) is 0 Å². The number of carbonyl (C=O) groups excluding carboxylic acids is 1. The summed E-state index contributed by atoms with van der Waals surface area (Å²) in [5, 5.41) is 2.92. The summed E-state index contributed by atoms with van der Waals surface area (Å²) in [6.45, 7) is 1.98. The number of hydrogen-bond donors (Lipinski definition) is 2. The van der Waals surface area contributed by atoms with E-state index in [1.165, 1.54) is 13.3 Å². The Hall–Kier alpha value is -2.37. The van der Waals surface area contributed by atoms with Crippen molar-refractivity contribution < 1.29 is 9.53 Å². The maximum Gasteiger partial charge on any atom is 0.255 e. The van der Waals surface area contributed by atoms with Gasteiger partial charge in [0, 0.05) is 18.6 Å². The standard InChI is InChI=1S/C13H16N4O2/c1-3-10(12-15-6-7-16-12)17-13(18)9-4-5-14-8-11(9)19-2/h4-8,10H,3H2,1-2H3,(H,15,16)(H,17,18). The molecule has 19 heavy (non-hydrogen) atoms. The second-order valence-electron chi connectivity index (χ2n) is 3.98. The van der Waals surface area contributed by atoms with Gasteiger partial charge in [0.15, 0.2) is 0 Å². The highest BCUT2D eigenvalue weighted by atomic mass is 16.5. The average Bonchev–Trinajstić information content (AvgIpc) is 2.98. The summed E-state index contributed by atoms with van der Waals surface area (Å²) in [5.41, 5.74) is 0.461. The van der Waals surface area contributed by atoms with Gasteiger partial charge >= 0.3 is 0 Å². The number of aromatic amines is 1. The molecule has 2 N–H and O–H groups in total. The predicted octanol–water partition coefficient (Wildman–Crippen LogP) is 1.69. The lowest BCUT2D eigenvalue weighted by atomic mass is 10.1. The van der Waals surface area contributed by atoms with Crippen LogP contribution in [-0.2, 0) is 0 Å². The number of carbonyl (C=O) groups is 1. The number of nitrogens with one attached hydrogen (secondary N) is 2. The molecule has 0 aliphatic heterocycles. The van der Waals surface area contributed by atoms with Gasteiger partial charge in [0.05, 0.1) is 24.9 Å². The molecule has 2 aromatic heterocycles. The van der Waals surface area contributed by atoms with E-state index in [4.69, 9.17) is 4.74 Å². The number of imidazole rings is 1. The van der Waals surface area contributed by atoms with E-state index in [9.17, 15) is 4.79 Å². The van der Waals surface area contributed by atoms with Gasteiger partial charge < -0.3 is 15.0 Å². The van der Waals surface area contributed by atoms with E-state index in [-0.39, 0.29) is 11.9 Å². The summed E-state index contributed by atoms with van der Waals surface area (Å²) in [6, 6.07) is 1.48. The van der Waals surface area contributed by atoms with Crippen LogP contribution in [0, 0.1) is 0 Å². The van der Waals surface area contributed by atoms with E-state index >= 15 is 0 Å². The number of nitrogens with zero attached hydrogens (tertiary/aromatic N) is 2. The Morgan fingerprint density at radius 3 is 3.00 bits per heavy atom. The first-order valence-corrected chi connectivity index (χ1v) is 6.04. The summed E-state index contributed by atoms with van der Waals surface area (Å²) < 4.78 is 5.13. The first-order valence-electron chi connectivity index (χ1n) is 6.04. The minimum atomic E-state index is -0.206. The van der Waals surface area contributed by atoms with Crippen LogP contribution >= 0.6 is 0 Å². The molecule has 0 bridgehead atoms. The van der Waals surface area contributed by atoms with E-state index < -0.39 is 0 Å². The molecule has 1 unspecified atom stereocenters. The van der Waals surface area contributed by atoms with Crippen molar-refractivity contribution in [3.8, 4) is 5.75 Å². The van der Waals surface area contributed by atoms with Gasteiger partial charge in [-0.05, 0) is 12.5 Å². The van der Waals surface area contributed by atoms with Crippen molar-refractivity contribution in [1.82, 2.24) is 20.3 Å². The molecule has 0 fully saturated rings. The van der Waals surface area contributed by atoms with Crippen LogP contribution in [0.4, 0.5) is 0 Å². The second-order valence-corrected chi connectivity index (χ2v) is 3.98. The van der Waals surface area contributed by atoms with Crippen LogP contribution in [-0.4, -0.2) is 28.0 Å². The Balaban J connectivity index is 2.16. The van der Waals surface area contributed by atoms with Crippen LogP contribution in [0.25, 0.3) is 0 Å². The lowest BCUT2D eigenvalue weighted by molar-refractivity contribution is 0.0930. The van der Waals surface area contributed by atoms with Crippen LogP contribution in [0.5, 0.6) is 5.75 Å². The number of pyridine rings is 1. The lowest BCUT2D eigenvalue weighted by Gasteiger charge is -2.15. The Morgan fingerprint density at radius 2 is 2.37 bits per heavy atom. The highest BCUT2D eigenvalue weighted by Gasteiger charge is 2.18. The Kier molecular flexibility index (Phi) is 4.12. The summed E-state index contributed by atoms with van der Waals surface area (Å²) >= 11 is 0. The van der Waals surface area contributed by atoms with Crippen molar-refractivity contribution in [3.05, 3.63) is 42.2 Å². The molecule has 0 saturated heterocycles. The molecule has 2 aromatic rings. The lowest BCUT2D eigenvalue weighted by Crippen LogP contribution is -2.29. The molecular formula is C13H16N4O2. The van der Waals surface area contributed by atoms with Crippen LogP contribution < -0.4 is 10.1 Å². The first kappa shape index (κ1) is 13.1. The number of amides is 1. The van der Waals surface area contributed by atoms with Crippen molar-refractivity contribution >= 4 is 5.91 Å². The molecule has 6 heteroatoms. The number of rotatable bonds is 5. The predicted molar refractivity (Wildman–Crippen MR) is 69.9 cm³/mol. The zero-order valence-corrected chi connectivity index (χ0v) is 10.9. The van der Waals surface area contributed by atoms with Gasteiger partial charge in [-0.3, -0.25) is 9.78 Å². The van der Waals surface area contributed by atoms with E-state index in [0.29, 0.717) is 11.3 Å². The Labute approximate surface area is 111 Å². The fourth-order valence-electron chi connectivity index (χ4n) is 1.80. The van der Waals surface area contributed by atoms with Crippen LogP contribution in [0.1, 0.15) is 35.6 Å². The largest absolute Gasteiger partial charge is 0.494 e. The Bertz CT molecular complexity index is 539. The summed E-state index contributed by atoms with van der Waals surface area (Å²) in [4.78, 5) is 23.3. The van der Waals surface area contributed by atoms with Gasteiger partial charge in [0.2, 0.25) is 0 Å². The van der Waals surface area contributed by atoms with Gasteiger partial charge in [-0.1, -0.05) is 6.92 Å². The fraction of sp³-hybridized carbons (Fsp3) is 0.308. The third-order valence-corrected chi connectivity index (χ3v) is 2.81. The van der Waals surface area contributed by atoms with Gasteiger partial charge in [0.1, 0.15) is 11.6 Å². The molecular weight excluding hydrogens is 244 g/mol. The third kappa shape index (κ3) is 2.90. The van der Waals surface area contributed by atoms with Gasteiger partial charge in [-0.15, -0.1) is 0 Å². The molecule has 0 aliphatic carbocycles. The number of hydrogen-bond acceptors (Lipinski definition) is 4. The van der Waals surface area contributed by atoms with Crippen molar-refractivity contribution in [3.63, 3.8) is 0 Å². The average molecular weight is 260 g/mol. The molecule has 0 radical (unpaired) electrons. The summed E-state index contributed by atoms with van der Waals surface area (Å²) in [6.07, 6.45) is 7.22. The topological polar surface area (TPSA) is 79.9 Å². The minimum Gasteiger partial charge on any atom is -0.494 e. The molecule has 2 rings (SSSR count). The van der Waals surface area contributed by atoms with Crippen LogP contribution in [0.3, 0.4) is 0 Å². The zero-order valence-electron chi connectivity index (χ0n) is 10.9. The molecule has 0 saturated carbocycles. The molecule has 0 spiro atoms. The molecule has 1 atom stereocenters. The normalized spacial score (nSPS) is 11.9. The molecule has 6 nitrogen and oxygen atoms in total. The number of ether oxygens (including phenoxy) is 1. The maximum absolute atomic E-state index is 12.2. The van der Waals surface area contributed by atoms with Crippen LogP contribution in [0.2, 0.25) is 0 Å². The molecule has 2 heterocycles. The number of H-pyrrole nitrogens is 1. The van der Waals surface area contributed by atoms with E-state index in [1.54, 1.807) is 24.7 Å². The Morgan fingerprint density at radius 1 is 1.53 bits per heavy atom. The highest BCUT2D eigenvalue weighted by molar-refractivity contribution is 5.96. The third-order valence-electron chi connectivity index (χ3n) is 2.81. The number of methoxy groups -OCH3 is 1. The van der Waals surface area contributed by atoms with Crippen molar-refractivity contribution in [2.45, 2.75) is 19.4 Å². The van der Waals surface area contributed by atoms with Crippen LogP contribution in [0.15, 0.2) is 30.9 Å². The first-order chi connectivity index (χ1) is 9.26. The quantitative estimate of drug-likeness (QED) is 0.857. The molecule has 1 amide bonds. The highest BCUT2D eigenvalue weighted by Crippen LogP contribution is 2.18. The minimum absolute atomic E-state index is 0.152. The van der Waals surface area contributed by atoms with E-state index in [2.05, 4.69) is 20.3 Å². The summed E-state index contributed by atoms with van der Waals surface area (Å²) in [5.74, 6) is 0.987. The van der Waals surface area contributed by atoms with Gasteiger partial charge in [-0.25, -0.2) is 4.98 Å². The van der Waals surface area contributed by atoms with Gasteiger partial charge in [0.25, 0.3) is 5.91 Å². The fourth-order valence-corrected chi connectivity index (χ4v) is 1.80. The van der Waals surface area contributed by atoms with E-state index in [1.807, 2.05) is 6.92 Å². The molecule has 0 aromatic carbocycles. The number of aromatic nitrogens is 3. The van der Waals surface area contributed by atoms with Gasteiger partial charge in [-0.2, -0.15) is 0 Å². The van der Waals surface area contributed by atoms with Crippen molar-refractivity contribution in [2.75, 3.05) is 7.11 Å². The van der Waals surface area contributed by atoms with E-state index in [0.717, 1.165) is 12.2 Å². The smallest absolute Gasteiger partial charge is 0.255 e. The second kappa shape index (κ2) is 5.99.